The molecule has 25 heavy (non-hydrogen) atoms. The van der Waals surface area contributed by atoms with Gasteiger partial charge in [-0.15, -0.1) is 11.3 Å². The highest BCUT2D eigenvalue weighted by Gasteiger charge is 2.32. The van der Waals surface area contributed by atoms with Crippen LogP contribution in [-0.2, 0) is 12.0 Å². The molecule has 1 aromatic heterocycles. The van der Waals surface area contributed by atoms with E-state index in [4.69, 9.17) is 5.73 Å². The first-order valence-electron chi connectivity index (χ1n) is 8.03. The van der Waals surface area contributed by atoms with Gasteiger partial charge in [-0.1, -0.05) is 17.8 Å². The van der Waals surface area contributed by atoms with Gasteiger partial charge in [0.05, 0.1) is 21.1 Å². The molecule has 0 spiro atoms. The highest BCUT2D eigenvalue weighted by Crippen LogP contribution is 2.37. The third-order valence-corrected chi connectivity index (χ3v) is 6.24. The summed E-state index contributed by atoms with van der Waals surface area (Å²) in [6.45, 7) is 5.61. The smallest absolute Gasteiger partial charge is 0.179 e. The lowest BCUT2D eigenvalue weighted by atomic mass is 9.87. The number of thiazole rings is 1. The molecule has 7 heteroatoms. The quantitative estimate of drug-likeness (QED) is 0.818. The number of Topliss-reactive ketones (excluding diaryl/α,β-unsaturated/α-hetero) is 1. The predicted molar refractivity (Wildman–Crippen MR) is 102 cm³/mol. The molecule has 0 aliphatic carbocycles. The second-order valence-corrected chi connectivity index (χ2v) is 8.70. The Bertz CT molecular complexity index is 862. The number of aliphatic imine (C=N–C) groups is 1. The Hall–Kier alpha value is -1.73. The van der Waals surface area contributed by atoms with E-state index in [9.17, 15) is 9.18 Å². The summed E-state index contributed by atoms with van der Waals surface area (Å²) >= 11 is 2.88. The number of nitrogens with zero attached hydrogens (tertiary/aromatic N) is 2. The molecule has 2 aromatic rings. The number of ketones is 1. The molecule has 0 unspecified atom stereocenters. The van der Waals surface area contributed by atoms with Crippen molar-refractivity contribution in [2.45, 2.75) is 39.2 Å². The first-order valence-corrected chi connectivity index (χ1v) is 9.83. The van der Waals surface area contributed by atoms with E-state index >= 15 is 0 Å². The molecule has 1 atom stereocenters. The number of benzene rings is 1. The Morgan fingerprint density at radius 2 is 2.16 bits per heavy atom. The number of carbonyl (C=O) groups excluding carboxylic acids is 1. The number of halogens is 1. The van der Waals surface area contributed by atoms with Crippen LogP contribution in [0.5, 0.6) is 0 Å². The number of aryl methyl sites for hydroxylation is 2. The number of carbonyl (C=O) groups is 1. The normalized spacial score (nSPS) is 20.4. The van der Waals surface area contributed by atoms with Crippen LogP contribution in [0, 0.1) is 19.7 Å². The van der Waals surface area contributed by atoms with Crippen LogP contribution in [0.25, 0.3) is 0 Å². The van der Waals surface area contributed by atoms with Gasteiger partial charge in [0.25, 0.3) is 0 Å². The molecular weight excluding hydrogens is 357 g/mol. The number of rotatable bonds is 4. The van der Waals surface area contributed by atoms with Crippen LogP contribution < -0.4 is 5.73 Å². The number of amidine groups is 1. The molecule has 1 aliphatic heterocycles. The average Bonchev–Trinajstić information content (AvgIpc) is 2.87. The van der Waals surface area contributed by atoms with Gasteiger partial charge < -0.3 is 5.73 Å². The van der Waals surface area contributed by atoms with Crippen molar-refractivity contribution in [3.63, 3.8) is 0 Å². The molecule has 0 saturated heterocycles. The molecule has 132 valence electrons. The molecule has 2 N–H and O–H groups in total. The molecule has 1 aliphatic rings. The van der Waals surface area contributed by atoms with Crippen molar-refractivity contribution >= 4 is 34.0 Å². The summed E-state index contributed by atoms with van der Waals surface area (Å²) in [5.41, 5.74) is 7.19. The van der Waals surface area contributed by atoms with E-state index in [0.717, 1.165) is 22.0 Å². The Morgan fingerprint density at radius 3 is 2.80 bits per heavy atom. The number of aromatic nitrogens is 1. The Kier molecular flexibility index (Phi) is 4.97. The highest BCUT2D eigenvalue weighted by atomic mass is 32.2. The highest BCUT2D eigenvalue weighted by molar-refractivity contribution is 8.13. The minimum absolute atomic E-state index is 0.00743. The van der Waals surface area contributed by atoms with Crippen LogP contribution in [-0.4, -0.2) is 21.7 Å². The first-order chi connectivity index (χ1) is 11.8. The van der Waals surface area contributed by atoms with Gasteiger partial charge in [-0.25, -0.2) is 9.37 Å². The molecule has 3 rings (SSSR count). The Balaban J connectivity index is 1.91. The van der Waals surface area contributed by atoms with E-state index in [1.807, 2.05) is 20.8 Å². The Labute approximate surface area is 154 Å². The van der Waals surface area contributed by atoms with Crippen molar-refractivity contribution in [2.24, 2.45) is 10.7 Å². The van der Waals surface area contributed by atoms with Crippen LogP contribution in [0.2, 0.25) is 0 Å². The fourth-order valence-corrected chi connectivity index (χ4v) is 4.86. The molecule has 0 amide bonds. The zero-order valence-corrected chi connectivity index (χ0v) is 16.1. The van der Waals surface area contributed by atoms with Gasteiger partial charge in [0.2, 0.25) is 0 Å². The zero-order valence-electron chi connectivity index (χ0n) is 14.4. The minimum atomic E-state index is -0.685. The molecular formula is C18H20FN3OS2. The van der Waals surface area contributed by atoms with E-state index < -0.39 is 5.54 Å². The second kappa shape index (κ2) is 6.88. The van der Waals surface area contributed by atoms with Crippen molar-refractivity contribution < 1.29 is 9.18 Å². The zero-order chi connectivity index (χ0) is 18.2. The number of hydrogen-bond donors (Lipinski definition) is 1. The van der Waals surface area contributed by atoms with Crippen LogP contribution in [0.4, 0.5) is 4.39 Å². The predicted octanol–water partition coefficient (Wildman–Crippen LogP) is 3.99. The minimum Gasteiger partial charge on any atom is -0.379 e. The standard InChI is InChI=1S/C18H20FN3OS2/c1-10-16(25-11(2)21-10)15(23)9-12-4-5-14(19)13(8-12)18(3)6-7-24-17(20)22-18/h4-5,8H,6-7,9H2,1-3H3,(H2,20,22)/t18-/m0/s1. The van der Waals surface area contributed by atoms with Gasteiger partial charge in [0, 0.05) is 17.7 Å². The van der Waals surface area contributed by atoms with Crippen LogP contribution in [0.15, 0.2) is 23.2 Å². The third kappa shape index (κ3) is 3.77. The summed E-state index contributed by atoms with van der Waals surface area (Å²) in [7, 11) is 0. The van der Waals surface area contributed by atoms with Crippen LogP contribution in [0.3, 0.4) is 0 Å². The number of nitrogens with two attached hydrogens (primary N) is 1. The lowest BCUT2D eigenvalue weighted by Crippen LogP contribution is -2.29. The molecule has 0 bridgehead atoms. The molecule has 1 aromatic carbocycles. The summed E-state index contributed by atoms with van der Waals surface area (Å²) in [4.78, 5) is 22.0. The van der Waals surface area contributed by atoms with Crippen molar-refractivity contribution in [3.05, 3.63) is 50.7 Å². The summed E-state index contributed by atoms with van der Waals surface area (Å²) in [5.74, 6) is 0.494. The largest absolute Gasteiger partial charge is 0.379 e. The van der Waals surface area contributed by atoms with E-state index in [0.29, 0.717) is 22.0 Å². The van der Waals surface area contributed by atoms with Gasteiger partial charge in [-0.2, -0.15) is 0 Å². The van der Waals surface area contributed by atoms with E-state index in [2.05, 4.69) is 9.98 Å². The maximum atomic E-state index is 14.4. The fourth-order valence-electron chi connectivity index (χ4n) is 3.03. The number of thioether (sulfide) groups is 1. The second-order valence-electron chi connectivity index (χ2n) is 6.38. The molecule has 0 fully saturated rings. The summed E-state index contributed by atoms with van der Waals surface area (Å²) in [5, 5.41) is 1.35. The van der Waals surface area contributed by atoms with Gasteiger partial charge in [-0.3, -0.25) is 9.79 Å². The molecule has 4 nitrogen and oxygen atoms in total. The van der Waals surface area contributed by atoms with E-state index in [-0.39, 0.29) is 18.0 Å². The Morgan fingerprint density at radius 1 is 1.40 bits per heavy atom. The van der Waals surface area contributed by atoms with Crippen molar-refractivity contribution in [3.8, 4) is 0 Å². The van der Waals surface area contributed by atoms with E-state index in [1.165, 1.54) is 29.2 Å². The lowest BCUT2D eigenvalue weighted by molar-refractivity contribution is 0.0996. The molecule has 0 saturated carbocycles. The van der Waals surface area contributed by atoms with Crippen molar-refractivity contribution in [1.29, 1.82) is 0 Å². The van der Waals surface area contributed by atoms with E-state index in [1.54, 1.807) is 12.1 Å². The fraction of sp³-hybridized carbons (Fsp3) is 0.389. The average molecular weight is 378 g/mol. The van der Waals surface area contributed by atoms with Crippen molar-refractivity contribution in [2.75, 3.05) is 5.75 Å². The van der Waals surface area contributed by atoms with Gasteiger partial charge in [0.15, 0.2) is 11.0 Å². The van der Waals surface area contributed by atoms with Gasteiger partial charge in [-0.05, 0) is 44.9 Å². The van der Waals surface area contributed by atoms with Crippen molar-refractivity contribution in [1.82, 2.24) is 4.98 Å². The number of hydrogen-bond acceptors (Lipinski definition) is 6. The first kappa shape index (κ1) is 18.1. The lowest BCUT2D eigenvalue weighted by Gasteiger charge is -2.30. The summed E-state index contributed by atoms with van der Waals surface area (Å²) in [6.07, 6.45) is 0.930. The maximum absolute atomic E-state index is 14.4. The molecule has 2 heterocycles. The maximum Gasteiger partial charge on any atom is 0.179 e. The molecule has 0 radical (unpaired) electrons. The summed E-state index contributed by atoms with van der Waals surface area (Å²) < 4.78 is 14.4. The SMILES string of the molecule is Cc1nc(C)c(C(=O)Cc2ccc(F)c([C@]3(C)CCSC(N)=N3)c2)s1. The topological polar surface area (TPSA) is 68.3 Å². The summed E-state index contributed by atoms with van der Waals surface area (Å²) in [6, 6.07) is 4.83. The van der Waals surface area contributed by atoms with Gasteiger partial charge >= 0.3 is 0 Å². The monoisotopic (exact) mass is 377 g/mol. The van der Waals surface area contributed by atoms with Crippen LogP contribution >= 0.6 is 23.1 Å². The van der Waals surface area contributed by atoms with Gasteiger partial charge in [0.1, 0.15) is 5.82 Å². The van der Waals surface area contributed by atoms with Crippen LogP contribution in [0.1, 0.15) is 44.8 Å². The third-order valence-electron chi connectivity index (χ3n) is 4.33.